The number of carbonyl (C=O) groups is 2. The molecule has 1 rings (SSSR count). The largest absolute Gasteiger partial charge is 0.391 e. The Hall–Kier alpha value is -1.10. The minimum atomic E-state index is -0.651. The minimum absolute atomic E-state index is 0.0364. The molecule has 2 amide bonds. The van der Waals surface area contributed by atoms with Crippen molar-refractivity contribution in [2.45, 2.75) is 59.1 Å². The van der Waals surface area contributed by atoms with Gasteiger partial charge >= 0.3 is 0 Å². The van der Waals surface area contributed by atoms with E-state index >= 15 is 0 Å². The number of likely N-dealkylation sites (tertiary alicyclic amines) is 1. The summed E-state index contributed by atoms with van der Waals surface area (Å²) in [6, 6.07) is 0. The Kier molecular flexibility index (Phi) is 5.57. The van der Waals surface area contributed by atoms with Gasteiger partial charge in [0.15, 0.2) is 0 Å². The summed E-state index contributed by atoms with van der Waals surface area (Å²) in [5, 5.41) is 12.5. The van der Waals surface area contributed by atoms with Crippen LogP contribution in [-0.2, 0) is 9.59 Å². The number of piperidine rings is 1. The zero-order valence-electron chi connectivity index (χ0n) is 13.3. The third-order valence-corrected chi connectivity index (χ3v) is 4.09. The lowest BCUT2D eigenvalue weighted by molar-refractivity contribution is -0.139. The first-order valence-corrected chi connectivity index (χ1v) is 7.44. The van der Waals surface area contributed by atoms with Crippen molar-refractivity contribution >= 4 is 11.8 Å². The summed E-state index contributed by atoms with van der Waals surface area (Å²) in [5.41, 5.74) is -0.651. The van der Waals surface area contributed by atoms with Gasteiger partial charge in [-0.05, 0) is 33.6 Å². The molecule has 0 aromatic heterocycles. The molecule has 0 radical (unpaired) electrons. The fourth-order valence-electron chi connectivity index (χ4n) is 2.28. The molecule has 2 N–H and O–H groups in total. The van der Waals surface area contributed by atoms with E-state index < -0.39 is 11.6 Å². The summed E-state index contributed by atoms with van der Waals surface area (Å²) < 4.78 is 0. The van der Waals surface area contributed by atoms with Crippen molar-refractivity contribution in [1.29, 1.82) is 0 Å². The van der Waals surface area contributed by atoms with Crippen LogP contribution in [0.3, 0.4) is 0 Å². The van der Waals surface area contributed by atoms with Crippen molar-refractivity contribution in [3.63, 3.8) is 0 Å². The number of amides is 2. The summed E-state index contributed by atoms with van der Waals surface area (Å²) in [5.74, 6) is -0.176. The van der Waals surface area contributed by atoms with Gasteiger partial charge in [0.05, 0.1) is 17.6 Å². The molecule has 0 aromatic carbocycles. The van der Waals surface area contributed by atoms with Gasteiger partial charge in [-0.3, -0.25) is 9.59 Å². The second kappa shape index (κ2) is 6.57. The fourth-order valence-corrected chi connectivity index (χ4v) is 2.28. The zero-order chi connectivity index (χ0) is 15.5. The quantitative estimate of drug-likeness (QED) is 0.814. The van der Waals surface area contributed by atoms with Crippen LogP contribution in [0.5, 0.6) is 0 Å². The van der Waals surface area contributed by atoms with Gasteiger partial charge in [-0.1, -0.05) is 13.8 Å². The van der Waals surface area contributed by atoms with E-state index in [2.05, 4.69) is 5.32 Å². The molecule has 0 bridgehead atoms. The van der Waals surface area contributed by atoms with Crippen molar-refractivity contribution in [2.24, 2.45) is 11.8 Å². The van der Waals surface area contributed by atoms with Crippen LogP contribution >= 0.6 is 0 Å². The van der Waals surface area contributed by atoms with Gasteiger partial charge in [-0.25, -0.2) is 0 Å². The SMILES string of the molecule is CC(C)C(=O)N1CCCC(C(=O)NC(C)(C)C(C)O)C1. The predicted molar refractivity (Wildman–Crippen MR) is 78.0 cm³/mol. The van der Waals surface area contributed by atoms with Crippen LogP contribution in [0.4, 0.5) is 0 Å². The molecule has 0 spiro atoms. The van der Waals surface area contributed by atoms with E-state index in [1.807, 2.05) is 13.8 Å². The highest BCUT2D eigenvalue weighted by atomic mass is 16.3. The van der Waals surface area contributed by atoms with Gasteiger partial charge in [0.2, 0.25) is 11.8 Å². The van der Waals surface area contributed by atoms with Crippen molar-refractivity contribution in [3.8, 4) is 0 Å². The predicted octanol–water partition coefficient (Wildman–Crippen LogP) is 1.16. The fraction of sp³-hybridized carbons (Fsp3) is 0.867. The van der Waals surface area contributed by atoms with E-state index in [4.69, 9.17) is 0 Å². The maximum atomic E-state index is 12.3. The highest BCUT2D eigenvalue weighted by Gasteiger charge is 2.33. The number of nitrogens with zero attached hydrogens (tertiary/aromatic N) is 1. The number of hydrogen-bond acceptors (Lipinski definition) is 3. The summed E-state index contributed by atoms with van der Waals surface area (Å²) in [4.78, 5) is 26.1. The molecule has 0 aromatic rings. The third kappa shape index (κ3) is 4.20. The standard InChI is InChI=1S/C15H28N2O3/c1-10(2)14(20)17-8-6-7-12(9-17)13(19)16-15(4,5)11(3)18/h10-12,18H,6-9H2,1-5H3,(H,16,19). The monoisotopic (exact) mass is 284 g/mol. The molecule has 0 aliphatic carbocycles. The van der Waals surface area contributed by atoms with Crippen LogP contribution in [0.1, 0.15) is 47.5 Å². The lowest BCUT2D eigenvalue weighted by Gasteiger charge is -2.36. The highest BCUT2D eigenvalue weighted by molar-refractivity contribution is 5.82. The Bertz CT molecular complexity index is 364. The Labute approximate surface area is 121 Å². The molecule has 5 heteroatoms. The molecule has 1 fully saturated rings. The average molecular weight is 284 g/mol. The highest BCUT2D eigenvalue weighted by Crippen LogP contribution is 2.20. The summed E-state index contributed by atoms with van der Waals surface area (Å²) in [7, 11) is 0. The van der Waals surface area contributed by atoms with Gasteiger partial charge in [0, 0.05) is 19.0 Å². The Morgan fingerprint density at radius 1 is 1.30 bits per heavy atom. The lowest BCUT2D eigenvalue weighted by atomic mass is 9.93. The second-order valence-corrected chi connectivity index (χ2v) is 6.67. The molecule has 116 valence electrons. The van der Waals surface area contributed by atoms with Crippen LogP contribution in [0, 0.1) is 11.8 Å². The smallest absolute Gasteiger partial charge is 0.225 e. The number of nitrogens with one attached hydrogen (secondary N) is 1. The average Bonchev–Trinajstić information content (AvgIpc) is 2.37. The van der Waals surface area contributed by atoms with Crippen LogP contribution in [0.25, 0.3) is 0 Å². The van der Waals surface area contributed by atoms with Gasteiger partial charge in [-0.2, -0.15) is 0 Å². The molecular weight excluding hydrogens is 256 g/mol. The lowest BCUT2D eigenvalue weighted by Crippen LogP contribution is -2.55. The molecule has 1 aliphatic rings. The van der Waals surface area contributed by atoms with E-state index in [9.17, 15) is 14.7 Å². The number of hydrogen-bond donors (Lipinski definition) is 2. The summed E-state index contributed by atoms with van der Waals surface area (Å²) in [6.45, 7) is 10.2. The number of aliphatic hydroxyl groups is 1. The number of aliphatic hydroxyl groups excluding tert-OH is 1. The van der Waals surface area contributed by atoms with Crippen LogP contribution in [0.2, 0.25) is 0 Å². The van der Waals surface area contributed by atoms with Crippen molar-refractivity contribution < 1.29 is 14.7 Å². The molecular formula is C15H28N2O3. The van der Waals surface area contributed by atoms with Crippen molar-refractivity contribution in [3.05, 3.63) is 0 Å². The van der Waals surface area contributed by atoms with E-state index in [1.165, 1.54) is 0 Å². The first-order chi connectivity index (χ1) is 9.15. The normalized spacial score (nSPS) is 21.8. The summed E-state index contributed by atoms with van der Waals surface area (Å²) in [6.07, 6.45) is 1.03. The second-order valence-electron chi connectivity index (χ2n) is 6.67. The van der Waals surface area contributed by atoms with Crippen molar-refractivity contribution in [1.82, 2.24) is 10.2 Å². The third-order valence-electron chi connectivity index (χ3n) is 4.09. The summed E-state index contributed by atoms with van der Waals surface area (Å²) >= 11 is 0. The molecule has 2 atom stereocenters. The minimum Gasteiger partial charge on any atom is -0.391 e. The molecule has 20 heavy (non-hydrogen) atoms. The van der Waals surface area contributed by atoms with Crippen LogP contribution < -0.4 is 5.32 Å². The van der Waals surface area contributed by atoms with Crippen molar-refractivity contribution in [2.75, 3.05) is 13.1 Å². The molecule has 1 aliphatic heterocycles. The van der Waals surface area contributed by atoms with Gasteiger partial charge in [0.25, 0.3) is 0 Å². The number of rotatable bonds is 4. The van der Waals surface area contributed by atoms with E-state index in [-0.39, 0.29) is 23.7 Å². The van der Waals surface area contributed by atoms with Crippen LogP contribution in [-0.4, -0.2) is 46.6 Å². The molecule has 5 nitrogen and oxygen atoms in total. The maximum absolute atomic E-state index is 12.3. The molecule has 0 saturated carbocycles. The van der Waals surface area contributed by atoms with E-state index in [0.29, 0.717) is 6.54 Å². The Morgan fingerprint density at radius 3 is 2.40 bits per heavy atom. The van der Waals surface area contributed by atoms with E-state index in [0.717, 1.165) is 19.4 Å². The molecule has 1 heterocycles. The zero-order valence-corrected chi connectivity index (χ0v) is 13.3. The van der Waals surface area contributed by atoms with Gasteiger partial charge in [-0.15, -0.1) is 0 Å². The first kappa shape index (κ1) is 17.0. The number of carbonyl (C=O) groups excluding carboxylic acids is 2. The topological polar surface area (TPSA) is 69.6 Å². The molecule has 1 saturated heterocycles. The Morgan fingerprint density at radius 2 is 1.90 bits per heavy atom. The molecule has 2 unspecified atom stereocenters. The Balaban J connectivity index is 2.63. The maximum Gasteiger partial charge on any atom is 0.225 e. The first-order valence-electron chi connectivity index (χ1n) is 7.44. The van der Waals surface area contributed by atoms with Gasteiger partial charge < -0.3 is 15.3 Å². The van der Waals surface area contributed by atoms with E-state index in [1.54, 1.807) is 25.7 Å². The van der Waals surface area contributed by atoms with Crippen LogP contribution in [0.15, 0.2) is 0 Å². The van der Waals surface area contributed by atoms with Gasteiger partial charge in [0.1, 0.15) is 0 Å².